The van der Waals surface area contributed by atoms with Crippen molar-refractivity contribution in [2.75, 3.05) is 13.2 Å². The molecule has 0 spiro atoms. The van der Waals surface area contributed by atoms with Crippen LogP contribution in [0.1, 0.15) is 13.8 Å². The molecule has 0 aliphatic heterocycles. The average molecular weight is 275 g/mol. The molecule has 0 unspecified atom stereocenters. The van der Waals surface area contributed by atoms with Gasteiger partial charge in [0, 0.05) is 13.2 Å². The Morgan fingerprint density at radius 3 is 1.57 bits per heavy atom. The predicted octanol–water partition coefficient (Wildman–Crippen LogP) is 0.483. The van der Waals surface area contributed by atoms with Gasteiger partial charge < -0.3 is 4.74 Å². The molecular formula is C4H11O2W. The first-order valence-corrected chi connectivity index (χ1v) is 3.49. The monoisotopic (exact) mass is 275 g/mol. The molecule has 0 aromatic rings. The normalized spacial score (nSPS) is 6.71. The minimum atomic E-state index is 0.583. The summed E-state index contributed by atoms with van der Waals surface area (Å²) < 4.78 is 11.9. The Hall–Kier alpha value is 0.608. The van der Waals surface area contributed by atoms with Gasteiger partial charge in [0.2, 0.25) is 0 Å². The van der Waals surface area contributed by atoms with Crippen molar-refractivity contribution in [1.82, 2.24) is 0 Å². The summed E-state index contributed by atoms with van der Waals surface area (Å²) in [6, 6.07) is 0. The molecule has 0 rings (SSSR count). The van der Waals surface area contributed by atoms with E-state index in [0.717, 1.165) is 13.2 Å². The van der Waals surface area contributed by atoms with Crippen molar-refractivity contribution in [3.05, 3.63) is 0 Å². The van der Waals surface area contributed by atoms with E-state index in [-0.39, 0.29) is 0 Å². The summed E-state index contributed by atoms with van der Waals surface area (Å²) in [5, 5.41) is 0. The molecule has 0 fully saturated rings. The first-order chi connectivity index (χ1) is 3.41. The SMILES string of the molecule is CCOCC.[OH][W]. The van der Waals surface area contributed by atoms with Gasteiger partial charge in [-0.15, -0.1) is 0 Å². The Bertz CT molecular complexity index is 17.2. The summed E-state index contributed by atoms with van der Waals surface area (Å²) in [5.41, 5.74) is 0. The molecule has 1 N–H and O–H groups in total. The van der Waals surface area contributed by atoms with E-state index in [2.05, 4.69) is 0 Å². The summed E-state index contributed by atoms with van der Waals surface area (Å²) in [6.07, 6.45) is 0. The van der Waals surface area contributed by atoms with Crippen LogP contribution in [0.3, 0.4) is 0 Å². The van der Waals surface area contributed by atoms with Crippen LogP contribution in [0.25, 0.3) is 0 Å². The molecule has 0 bridgehead atoms. The van der Waals surface area contributed by atoms with Gasteiger partial charge in [0.15, 0.2) is 0 Å². The maximum atomic E-state index is 7.08. The van der Waals surface area contributed by atoms with E-state index >= 15 is 0 Å². The second kappa shape index (κ2) is 16.0. The van der Waals surface area contributed by atoms with Gasteiger partial charge in [-0.25, -0.2) is 0 Å². The summed E-state index contributed by atoms with van der Waals surface area (Å²) in [6.45, 7) is 5.67. The van der Waals surface area contributed by atoms with Crippen LogP contribution in [0.15, 0.2) is 0 Å². The van der Waals surface area contributed by atoms with E-state index in [9.17, 15) is 0 Å². The van der Waals surface area contributed by atoms with Gasteiger partial charge in [0.25, 0.3) is 0 Å². The molecule has 0 amide bonds. The molecule has 0 aromatic carbocycles. The standard InChI is InChI=1S/C4H10O.H2O.W/c1-3-5-4-2;;/h3-4H2,1-2H3;1H2;/q;;+1/p-1. The zero-order valence-corrected chi connectivity index (χ0v) is 7.61. The van der Waals surface area contributed by atoms with Crippen LogP contribution in [-0.4, -0.2) is 17.0 Å². The van der Waals surface area contributed by atoms with Crippen molar-refractivity contribution < 1.29 is 28.7 Å². The molecule has 0 saturated carbocycles. The molecule has 7 heavy (non-hydrogen) atoms. The van der Waals surface area contributed by atoms with Crippen LogP contribution in [0.2, 0.25) is 0 Å². The molecule has 0 aliphatic rings. The topological polar surface area (TPSA) is 29.5 Å². The van der Waals surface area contributed by atoms with Gasteiger partial charge >= 0.3 is 24.0 Å². The van der Waals surface area contributed by atoms with Gasteiger partial charge in [-0.1, -0.05) is 0 Å². The van der Waals surface area contributed by atoms with Gasteiger partial charge in [-0.2, -0.15) is 0 Å². The van der Waals surface area contributed by atoms with Crippen molar-refractivity contribution >= 4 is 0 Å². The molecule has 0 saturated heterocycles. The summed E-state index contributed by atoms with van der Waals surface area (Å²) in [7, 11) is 0. The second-order valence-corrected chi connectivity index (χ2v) is 0.781. The zero-order valence-electron chi connectivity index (χ0n) is 4.68. The van der Waals surface area contributed by atoms with Crippen LogP contribution in [-0.2, 0) is 24.9 Å². The average Bonchev–Trinajstić information content (AvgIpc) is 1.75. The van der Waals surface area contributed by atoms with Crippen molar-refractivity contribution in [2.45, 2.75) is 13.8 Å². The summed E-state index contributed by atoms with van der Waals surface area (Å²) in [5.74, 6) is 0. The maximum absolute atomic E-state index is 7.08. The van der Waals surface area contributed by atoms with E-state index in [0.29, 0.717) is 20.2 Å². The number of hydrogen-bond acceptors (Lipinski definition) is 2. The molecule has 0 atom stereocenters. The van der Waals surface area contributed by atoms with E-state index in [1.807, 2.05) is 13.8 Å². The Morgan fingerprint density at radius 2 is 1.57 bits per heavy atom. The Morgan fingerprint density at radius 1 is 1.29 bits per heavy atom. The number of hydrogen-bond donors (Lipinski definition) is 1. The van der Waals surface area contributed by atoms with Crippen LogP contribution in [0, 0.1) is 0 Å². The molecule has 0 radical (unpaired) electrons. The van der Waals surface area contributed by atoms with E-state index < -0.39 is 0 Å². The third-order valence-electron chi connectivity index (χ3n) is 0.408. The van der Waals surface area contributed by atoms with Crippen molar-refractivity contribution in [3.63, 3.8) is 0 Å². The van der Waals surface area contributed by atoms with E-state index in [4.69, 9.17) is 8.50 Å². The molecule has 45 valence electrons. The fourth-order valence-corrected chi connectivity index (χ4v) is 0.204. The Kier molecular flexibility index (Phi) is 24.1. The van der Waals surface area contributed by atoms with Crippen LogP contribution in [0.5, 0.6) is 0 Å². The fraction of sp³-hybridized carbons (Fsp3) is 1.00. The summed E-state index contributed by atoms with van der Waals surface area (Å²) in [4.78, 5) is 0. The van der Waals surface area contributed by atoms with Crippen LogP contribution < -0.4 is 0 Å². The molecule has 0 heterocycles. The Balaban J connectivity index is 0. The van der Waals surface area contributed by atoms with Crippen molar-refractivity contribution in [2.24, 2.45) is 0 Å². The second-order valence-electron chi connectivity index (χ2n) is 0.781. The first-order valence-electron chi connectivity index (χ1n) is 2.17. The van der Waals surface area contributed by atoms with Gasteiger partial charge in [-0.05, 0) is 13.8 Å². The van der Waals surface area contributed by atoms with Crippen molar-refractivity contribution in [1.29, 1.82) is 0 Å². The predicted molar refractivity (Wildman–Crippen MR) is 24.4 cm³/mol. The quantitative estimate of drug-likeness (QED) is 0.794. The molecule has 2 nitrogen and oxygen atoms in total. The van der Waals surface area contributed by atoms with E-state index in [1.165, 1.54) is 0 Å². The zero-order chi connectivity index (χ0) is 6.12. The van der Waals surface area contributed by atoms with Gasteiger partial charge in [0.1, 0.15) is 0 Å². The molecule has 3 heteroatoms. The van der Waals surface area contributed by atoms with Crippen LogP contribution >= 0.6 is 0 Å². The molecular weight excluding hydrogens is 264 g/mol. The molecule has 0 aliphatic carbocycles. The number of ether oxygens (including phenoxy) is 1. The third-order valence-corrected chi connectivity index (χ3v) is 0.408. The third kappa shape index (κ3) is 20.6. The number of rotatable bonds is 2. The first kappa shape index (κ1) is 10.6. The summed E-state index contributed by atoms with van der Waals surface area (Å²) >= 11 is 0.583. The van der Waals surface area contributed by atoms with Gasteiger partial charge in [0.05, 0.1) is 0 Å². The van der Waals surface area contributed by atoms with E-state index in [1.54, 1.807) is 0 Å². The molecule has 0 aromatic heterocycles. The van der Waals surface area contributed by atoms with Crippen molar-refractivity contribution in [3.8, 4) is 0 Å². The van der Waals surface area contributed by atoms with Gasteiger partial charge in [-0.3, -0.25) is 0 Å². The Labute approximate surface area is 56.2 Å². The minimum absolute atomic E-state index is 0.583. The fourth-order valence-electron chi connectivity index (χ4n) is 0.204. The van der Waals surface area contributed by atoms with Crippen LogP contribution in [0.4, 0.5) is 0 Å².